The van der Waals surface area contributed by atoms with Crippen LogP contribution in [0.5, 0.6) is 0 Å². The quantitative estimate of drug-likeness (QED) is 0.445. The Labute approximate surface area is 166 Å². The number of azo groups is 2. The Kier molecular flexibility index (Phi) is 5.53. The zero-order valence-corrected chi connectivity index (χ0v) is 16.5. The molecule has 0 aliphatic rings. The van der Waals surface area contributed by atoms with E-state index in [0.29, 0.717) is 27.8 Å². The summed E-state index contributed by atoms with van der Waals surface area (Å²) in [6.07, 6.45) is 0. The van der Waals surface area contributed by atoms with Gasteiger partial charge >= 0.3 is 0 Å². The lowest BCUT2D eigenvalue weighted by atomic mass is 10.1. The van der Waals surface area contributed by atoms with E-state index in [1.807, 2.05) is 0 Å². The summed E-state index contributed by atoms with van der Waals surface area (Å²) < 4.78 is 63.4. The normalized spacial score (nSPS) is 12.9. The Balaban J connectivity index is 2.11. The summed E-state index contributed by atoms with van der Waals surface area (Å²) in [5.74, 6) is 0. The van der Waals surface area contributed by atoms with E-state index >= 15 is 0 Å². The van der Waals surface area contributed by atoms with Crippen molar-refractivity contribution in [1.82, 2.24) is 0 Å². The van der Waals surface area contributed by atoms with Gasteiger partial charge in [-0.3, -0.25) is 9.11 Å². The predicted molar refractivity (Wildman–Crippen MR) is 105 cm³/mol. The SMILES string of the molecule is CN=Nc1ccc(N=Nc2ccc(S(=O)(=O)O)cc2)c2cc(S(=O)(=O)O)ccc12. The highest BCUT2D eigenvalue weighted by Gasteiger charge is 2.14. The molecule has 0 saturated heterocycles. The van der Waals surface area contributed by atoms with Crippen molar-refractivity contribution in [2.75, 3.05) is 7.05 Å². The van der Waals surface area contributed by atoms with Gasteiger partial charge in [0.05, 0.1) is 26.9 Å². The molecule has 0 heterocycles. The maximum absolute atomic E-state index is 11.5. The van der Waals surface area contributed by atoms with E-state index in [2.05, 4.69) is 20.5 Å². The number of benzene rings is 3. The van der Waals surface area contributed by atoms with E-state index in [4.69, 9.17) is 4.55 Å². The van der Waals surface area contributed by atoms with Crippen molar-refractivity contribution in [3.63, 3.8) is 0 Å². The van der Waals surface area contributed by atoms with E-state index in [-0.39, 0.29) is 9.79 Å². The number of rotatable bonds is 5. The zero-order valence-electron chi connectivity index (χ0n) is 14.8. The molecule has 29 heavy (non-hydrogen) atoms. The fraction of sp³-hybridized carbons (Fsp3) is 0.0588. The summed E-state index contributed by atoms with van der Waals surface area (Å²) in [5, 5.41) is 16.7. The van der Waals surface area contributed by atoms with Crippen LogP contribution in [0.4, 0.5) is 17.1 Å². The molecule has 0 atom stereocenters. The maximum Gasteiger partial charge on any atom is 0.294 e. The molecule has 0 spiro atoms. The van der Waals surface area contributed by atoms with Crippen LogP contribution < -0.4 is 0 Å². The van der Waals surface area contributed by atoms with Gasteiger partial charge in [-0.05, 0) is 48.5 Å². The molecular formula is C17H14N4O6S2. The van der Waals surface area contributed by atoms with Gasteiger partial charge in [-0.2, -0.15) is 32.2 Å². The number of hydrogen-bond acceptors (Lipinski definition) is 8. The molecule has 0 bridgehead atoms. The van der Waals surface area contributed by atoms with Crippen LogP contribution in [0.2, 0.25) is 0 Å². The predicted octanol–water partition coefficient (Wildman–Crippen LogP) is 4.46. The van der Waals surface area contributed by atoms with Crippen molar-refractivity contribution in [2.24, 2.45) is 20.5 Å². The zero-order chi connectivity index (χ0) is 21.2. The van der Waals surface area contributed by atoms with Crippen molar-refractivity contribution in [3.05, 3.63) is 54.6 Å². The van der Waals surface area contributed by atoms with Crippen LogP contribution in [-0.4, -0.2) is 33.0 Å². The molecule has 0 radical (unpaired) electrons. The average Bonchev–Trinajstić information content (AvgIpc) is 2.66. The van der Waals surface area contributed by atoms with Crippen molar-refractivity contribution in [3.8, 4) is 0 Å². The van der Waals surface area contributed by atoms with E-state index < -0.39 is 20.2 Å². The van der Waals surface area contributed by atoms with Crippen molar-refractivity contribution in [1.29, 1.82) is 0 Å². The first-order valence-electron chi connectivity index (χ1n) is 7.93. The van der Waals surface area contributed by atoms with E-state index in [1.165, 1.54) is 49.5 Å². The van der Waals surface area contributed by atoms with Crippen molar-refractivity contribution in [2.45, 2.75) is 9.79 Å². The summed E-state index contributed by atoms with van der Waals surface area (Å²) in [7, 11) is -7.26. The summed E-state index contributed by atoms with van der Waals surface area (Å²) in [5.41, 5.74) is 1.06. The standard InChI is InChI=1S/C17H14N4O6S2/c1-18-20-16-8-9-17(15-10-13(29(25,26)27)6-7-14(15)16)21-19-11-2-4-12(5-3-11)28(22,23)24/h2-10H,1H3,(H,22,23,24)(H,25,26,27). The van der Waals surface area contributed by atoms with E-state index in [1.54, 1.807) is 12.1 Å². The second-order valence-electron chi connectivity index (χ2n) is 5.76. The Morgan fingerprint density at radius 3 is 1.76 bits per heavy atom. The third-order valence-corrected chi connectivity index (χ3v) is 5.57. The average molecular weight is 434 g/mol. The summed E-state index contributed by atoms with van der Waals surface area (Å²) in [6.45, 7) is 0. The lowest BCUT2D eigenvalue weighted by Crippen LogP contribution is -1.97. The molecule has 0 aliphatic carbocycles. The van der Waals surface area contributed by atoms with Gasteiger partial charge in [0.1, 0.15) is 0 Å². The second-order valence-corrected chi connectivity index (χ2v) is 8.60. The molecule has 0 aromatic heterocycles. The van der Waals surface area contributed by atoms with Crippen LogP contribution in [0.25, 0.3) is 10.8 Å². The number of hydrogen-bond donors (Lipinski definition) is 2. The van der Waals surface area contributed by atoms with Gasteiger partial charge in [0.2, 0.25) is 0 Å². The number of nitrogens with zero attached hydrogens (tertiary/aromatic N) is 4. The van der Waals surface area contributed by atoms with Gasteiger partial charge < -0.3 is 0 Å². The molecular weight excluding hydrogens is 420 g/mol. The molecule has 10 nitrogen and oxygen atoms in total. The highest BCUT2D eigenvalue weighted by atomic mass is 32.2. The summed E-state index contributed by atoms with van der Waals surface area (Å²) in [6, 6.07) is 12.2. The highest BCUT2D eigenvalue weighted by Crippen LogP contribution is 2.36. The van der Waals surface area contributed by atoms with Gasteiger partial charge in [-0.25, -0.2) is 0 Å². The molecule has 0 saturated carbocycles. The Bertz CT molecular complexity index is 1350. The van der Waals surface area contributed by atoms with Crippen LogP contribution in [0.1, 0.15) is 0 Å². The molecule has 0 amide bonds. The first kappa shape index (κ1) is 20.7. The lowest BCUT2D eigenvalue weighted by molar-refractivity contribution is 0.481. The molecule has 3 rings (SSSR count). The third-order valence-electron chi connectivity index (χ3n) is 3.86. The van der Waals surface area contributed by atoms with Crippen molar-refractivity contribution >= 4 is 48.1 Å². The second kappa shape index (κ2) is 7.75. The Hall–Kier alpha value is -3.06. The molecule has 12 heteroatoms. The minimum absolute atomic E-state index is 0.283. The van der Waals surface area contributed by atoms with Gasteiger partial charge in [-0.1, -0.05) is 6.07 Å². The third kappa shape index (κ3) is 4.68. The van der Waals surface area contributed by atoms with Gasteiger partial charge in [0.25, 0.3) is 20.2 Å². The summed E-state index contributed by atoms with van der Waals surface area (Å²) in [4.78, 5) is -0.599. The van der Waals surface area contributed by atoms with Crippen molar-refractivity contribution < 1.29 is 25.9 Å². The van der Waals surface area contributed by atoms with E-state index in [9.17, 15) is 21.4 Å². The maximum atomic E-state index is 11.5. The van der Waals surface area contributed by atoms with E-state index in [0.717, 1.165) is 0 Å². The molecule has 0 unspecified atom stereocenters. The largest absolute Gasteiger partial charge is 0.294 e. The summed E-state index contributed by atoms with van der Waals surface area (Å²) >= 11 is 0. The smallest absolute Gasteiger partial charge is 0.282 e. The molecule has 3 aromatic rings. The Morgan fingerprint density at radius 2 is 1.21 bits per heavy atom. The first-order chi connectivity index (χ1) is 13.6. The van der Waals surface area contributed by atoms with Crippen LogP contribution in [0.15, 0.2) is 84.8 Å². The van der Waals surface area contributed by atoms with Gasteiger partial charge in [-0.15, -0.1) is 5.11 Å². The first-order valence-corrected chi connectivity index (χ1v) is 10.8. The fourth-order valence-electron chi connectivity index (χ4n) is 2.54. The minimum Gasteiger partial charge on any atom is -0.282 e. The molecule has 150 valence electrons. The molecule has 0 fully saturated rings. The lowest BCUT2D eigenvalue weighted by Gasteiger charge is -2.06. The minimum atomic E-state index is -4.43. The Morgan fingerprint density at radius 1 is 0.655 bits per heavy atom. The number of fused-ring (bicyclic) bond motifs is 1. The monoisotopic (exact) mass is 434 g/mol. The fourth-order valence-corrected chi connectivity index (χ4v) is 3.52. The molecule has 0 aliphatic heterocycles. The van der Waals surface area contributed by atoms with Gasteiger partial charge in [0, 0.05) is 17.8 Å². The van der Waals surface area contributed by atoms with Crippen LogP contribution >= 0.6 is 0 Å². The highest BCUT2D eigenvalue weighted by molar-refractivity contribution is 7.86. The molecule has 3 aromatic carbocycles. The topological polar surface area (TPSA) is 158 Å². The molecule has 2 N–H and O–H groups in total. The van der Waals surface area contributed by atoms with Crippen LogP contribution in [0, 0.1) is 0 Å². The van der Waals surface area contributed by atoms with Crippen LogP contribution in [-0.2, 0) is 20.2 Å². The van der Waals surface area contributed by atoms with Crippen LogP contribution in [0.3, 0.4) is 0 Å². The van der Waals surface area contributed by atoms with Gasteiger partial charge in [0.15, 0.2) is 0 Å².